The summed E-state index contributed by atoms with van der Waals surface area (Å²) in [4.78, 5) is 15.8. The van der Waals surface area contributed by atoms with E-state index in [2.05, 4.69) is 20.3 Å². The van der Waals surface area contributed by atoms with Gasteiger partial charge in [0.1, 0.15) is 5.82 Å². The molecule has 1 rings (SSSR count). The summed E-state index contributed by atoms with van der Waals surface area (Å²) >= 11 is 0. The number of hydrogen-bond donors (Lipinski definition) is 3. The van der Waals surface area contributed by atoms with Gasteiger partial charge < -0.3 is 10.6 Å². The highest BCUT2D eigenvalue weighted by atomic mass is 32.2. The fourth-order valence-electron chi connectivity index (χ4n) is 1.62. The average molecular weight is 314 g/mol. The van der Waals surface area contributed by atoms with Crippen molar-refractivity contribution in [3.63, 3.8) is 0 Å². The maximum Gasteiger partial charge on any atom is 0.237 e. The number of carbonyl (C=O) groups is 1. The minimum absolute atomic E-state index is 0.339. The Bertz CT molecular complexity index is 557. The van der Waals surface area contributed by atoms with E-state index in [-0.39, 0.29) is 5.91 Å². The summed E-state index contributed by atoms with van der Waals surface area (Å²) in [6.45, 7) is 4.61. The molecule has 3 N–H and O–H groups in total. The average Bonchev–Trinajstić information content (AvgIpc) is 2.38. The lowest BCUT2D eigenvalue weighted by Crippen LogP contribution is -2.44. The van der Waals surface area contributed by atoms with Gasteiger partial charge in [-0.05, 0) is 31.9 Å². The van der Waals surface area contributed by atoms with E-state index in [0.29, 0.717) is 19.5 Å². The van der Waals surface area contributed by atoms with Crippen molar-refractivity contribution in [2.24, 2.45) is 0 Å². The zero-order chi connectivity index (χ0) is 15.9. The summed E-state index contributed by atoms with van der Waals surface area (Å²) in [5, 5.41) is 5.81. The third-order valence-corrected chi connectivity index (χ3v) is 3.44. The maximum atomic E-state index is 11.6. The molecule has 118 valence electrons. The summed E-state index contributed by atoms with van der Waals surface area (Å²) in [7, 11) is -3.37. The zero-order valence-electron chi connectivity index (χ0n) is 12.5. The summed E-state index contributed by atoms with van der Waals surface area (Å²) in [5.41, 5.74) is 1.10. The second-order valence-electron chi connectivity index (χ2n) is 4.90. The molecule has 1 unspecified atom stereocenters. The highest BCUT2D eigenvalue weighted by Crippen LogP contribution is 2.03. The molecule has 1 atom stereocenters. The number of anilines is 1. The molecule has 0 aliphatic heterocycles. The Morgan fingerprint density at radius 2 is 2.05 bits per heavy atom. The Hall–Kier alpha value is -1.67. The van der Waals surface area contributed by atoms with Crippen molar-refractivity contribution >= 4 is 21.7 Å². The van der Waals surface area contributed by atoms with Crippen molar-refractivity contribution in [3.8, 4) is 0 Å². The van der Waals surface area contributed by atoms with Crippen LogP contribution in [0.15, 0.2) is 18.3 Å². The van der Waals surface area contributed by atoms with Crippen molar-refractivity contribution in [2.75, 3.05) is 24.7 Å². The number of hydrogen-bond acceptors (Lipinski definition) is 5. The summed E-state index contributed by atoms with van der Waals surface area (Å²) in [5.74, 6) is 0.452. The number of pyridine rings is 1. The largest absolute Gasteiger partial charge is 0.370 e. The number of sulfonamides is 1. The van der Waals surface area contributed by atoms with Crippen LogP contribution in [0.2, 0.25) is 0 Å². The Labute approximate surface area is 125 Å². The third-order valence-electron chi connectivity index (χ3n) is 2.65. The molecule has 8 heteroatoms. The molecule has 0 aliphatic rings. The first-order valence-corrected chi connectivity index (χ1v) is 8.58. The summed E-state index contributed by atoms with van der Waals surface area (Å²) in [6, 6.07) is 3.09. The fraction of sp³-hybridized carbons (Fsp3) is 0.538. The molecule has 1 heterocycles. The number of amides is 1. The highest BCUT2D eigenvalue weighted by Gasteiger charge is 2.15. The second-order valence-corrected chi connectivity index (χ2v) is 6.68. The van der Waals surface area contributed by atoms with Gasteiger partial charge in [0, 0.05) is 19.3 Å². The molecular weight excluding hydrogens is 292 g/mol. The molecule has 0 fully saturated rings. The van der Waals surface area contributed by atoms with Crippen LogP contribution < -0.4 is 15.4 Å². The van der Waals surface area contributed by atoms with E-state index in [4.69, 9.17) is 0 Å². The molecule has 0 spiro atoms. The van der Waals surface area contributed by atoms with Gasteiger partial charge in [-0.3, -0.25) is 4.79 Å². The molecule has 7 nitrogen and oxygen atoms in total. The van der Waals surface area contributed by atoms with Crippen molar-refractivity contribution < 1.29 is 13.2 Å². The number of nitrogens with one attached hydrogen (secondary N) is 3. The fourth-order valence-corrected chi connectivity index (χ4v) is 2.37. The normalized spacial score (nSPS) is 12.7. The molecule has 0 radical (unpaired) electrons. The van der Waals surface area contributed by atoms with Gasteiger partial charge in [0.05, 0.1) is 12.3 Å². The first kappa shape index (κ1) is 17.4. The monoisotopic (exact) mass is 314 g/mol. The lowest BCUT2D eigenvalue weighted by Gasteiger charge is -2.12. The van der Waals surface area contributed by atoms with Crippen LogP contribution in [0.4, 0.5) is 5.82 Å². The Morgan fingerprint density at radius 3 is 2.62 bits per heavy atom. The number of aryl methyl sites for hydroxylation is 1. The Kier molecular flexibility index (Phi) is 6.57. The molecule has 0 bridgehead atoms. The Morgan fingerprint density at radius 1 is 1.33 bits per heavy atom. The SMILES string of the molecule is Cc1ccc(NCCCNC(=O)C(C)NS(C)(=O)=O)nc1. The maximum absolute atomic E-state index is 11.6. The number of carbonyl (C=O) groups excluding carboxylic acids is 1. The highest BCUT2D eigenvalue weighted by molar-refractivity contribution is 7.88. The minimum Gasteiger partial charge on any atom is -0.370 e. The lowest BCUT2D eigenvalue weighted by atomic mass is 10.3. The van der Waals surface area contributed by atoms with Crippen molar-refractivity contribution in [3.05, 3.63) is 23.9 Å². The van der Waals surface area contributed by atoms with E-state index >= 15 is 0 Å². The molecular formula is C13H22N4O3S. The quantitative estimate of drug-likeness (QED) is 0.597. The molecule has 1 aromatic heterocycles. The summed E-state index contributed by atoms with van der Waals surface area (Å²) < 4.78 is 24.2. The molecule has 1 aromatic rings. The standard InChI is InChI=1S/C13H22N4O3S/c1-10-5-6-12(16-9-10)14-7-4-8-15-13(18)11(2)17-21(3,19)20/h5-6,9,11,17H,4,7-8H2,1-3H3,(H,14,16)(H,15,18). The van der Waals surface area contributed by atoms with Crippen LogP contribution in [0.25, 0.3) is 0 Å². The third kappa shape index (κ3) is 7.62. The van der Waals surface area contributed by atoms with Gasteiger partial charge in [0.25, 0.3) is 0 Å². The van der Waals surface area contributed by atoms with Gasteiger partial charge >= 0.3 is 0 Å². The van der Waals surface area contributed by atoms with Crippen LogP contribution in [-0.2, 0) is 14.8 Å². The molecule has 0 aromatic carbocycles. The molecule has 0 saturated heterocycles. The second kappa shape index (κ2) is 7.94. The molecule has 0 aliphatic carbocycles. The number of nitrogens with zero attached hydrogens (tertiary/aromatic N) is 1. The van der Waals surface area contributed by atoms with Crippen LogP contribution >= 0.6 is 0 Å². The molecule has 0 saturated carbocycles. The van der Waals surface area contributed by atoms with Crippen LogP contribution in [-0.4, -0.2) is 44.7 Å². The van der Waals surface area contributed by atoms with Crippen molar-refractivity contribution in [2.45, 2.75) is 26.3 Å². The van der Waals surface area contributed by atoms with E-state index < -0.39 is 16.1 Å². The predicted octanol–water partition coefficient (Wildman–Crippen LogP) is 0.246. The van der Waals surface area contributed by atoms with E-state index in [9.17, 15) is 13.2 Å². The zero-order valence-corrected chi connectivity index (χ0v) is 13.3. The van der Waals surface area contributed by atoms with Crippen LogP contribution in [0, 0.1) is 6.92 Å². The summed E-state index contributed by atoms with van der Waals surface area (Å²) in [6.07, 6.45) is 3.52. The first-order valence-electron chi connectivity index (χ1n) is 6.69. The van der Waals surface area contributed by atoms with Crippen molar-refractivity contribution in [1.82, 2.24) is 15.0 Å². The van der Waals surface area contributed by atoms with Gasteiger partial charge in [-0.15, -0.1) is 0 Å². The van der Waals surface area contributed by atoms with Crippen LogP contribution in [0.5, 0.6) is 0 Å². The van der Waals surface area contributed by atoms with E-state index in [1.54, 1.807) is 6.20 Å². The lowest BCUT2D eigenvalue weighted by molar-refractivity contribution is -0.122. The van der Waals surface area contributed by atoms with E-state index in [1.807, 2.05) is 19.1 Å². The predicted molar refractivity (Wildman–Crippen MR) is 82.5 cm³/mol. The Balaban J connectivity index is 2.19. The molecule has 1 amide bonds. The smallest absolute Gasteiger partial charge is 0.237 e. The minimum atomic E-state index is -3.37. The van der Waals surface area contributed by atoms with Crippen LogP contribution in [0.3, 0.4) is 0 Å². The topological polar surface area (TPSA) is 100 Å². The first-order chi connectivity index (χ1) is 9.78. The molecule has 21 heavy (non-hydrogen) atoms. The van der Waals surface area contributed by atoms with Gasteiger partial charge in [-0.25, -0.2) is 18.1 Å². The van der Waals surface area contributed by atoms with Gasteiger partial charge in [-0.1, -0.05) is 6.07 Å². The van der Waals surface area contributed by atoms with Gasteiger partial charge in [0.2, 0.25) is 15.9 Å². The van der Waals surface area contributed by atoms with Crippen LogP contribution in [0.1, 0.15) is 18.9 Å². The number of rotatable bonds is 8. The van der Waals surface area contributed by atoms with Crippen molar-refractivity contribution in [1.29, 1.82) is 0 Å². The van der Waals surface area contributed by atoms with Gasteiger partial charge in [0.15, 0.2) is 0 Å². The number of aromatic nitrogens is 1. The van der Waals surface area contributed by atoms with Gasteiger partial charge in [-0.2, -0.15) is 0 Å². The van der Waals surface area contributed by atoms with E-state index in [1.165, 1.54) is 6.92 Å². The van der Waals surface area contributed by atoms with E-state index in [0.717, 1.165) is 17.6 Å².